The van der Waals surface area contributed by atoms with Gasteiger partial charge in [-0.15, -0.1) is 0 Å². The summed E-state index contributed by atoms with van der Waals surface area (Å²) in [5.74, 6) is 1.39. The van der Waals surface area contributed by atoms with Crippen molar-refractivity contribution in [1.29, 1.82) is 0 Å². The van der Waals surface area contributed by atoms with Crippen LogP contribution in [0.15, 0.2) is 36.7 Å². The zero-order chi connectivity index (χ0) is 13.2. The normalized spacial score (nSPS) is 19.3. The lowest BCUT2D eigenvalue weighted by Gasteiger charge is -2.17. The van der Waals surface area contributed by atoms with E-state index < -0.39 is 0 Å². The molecule has 1 atom stereocenters. The maximum absolute atomic E-state index is 12.0. The Morgan fingerprint density at radius 3 is 2.95 bits per heavy atom. The van der Waals surface area contributed by atoms with E-state index in [4.69, 9.17) is 0 Å². The zero-order valence-electron chi connectivity index (χ0n) is 10.6. The lowest BCUT2D eigenvalue weighted by molar-refractivity contribution is -0.128. The number of benzene rings is 1. The van der Waals surface area contributed by atoms with Gasteiger partial charge in [-0.3, -0.25) is 9.78 Å². The fourth-order valence-electron chi connectivity index (χ4n) is 2.64. The molecule has 0 saturated carbocycles. The molecule has 1 aliphatic heterocycles. The van der Waals surface area contributed by atoms with E-state index in [2.05, 4.69) is 23.7 Å². The number of hydrogen-bond donors (Lipinski definition) is 1. The van der Waals surface area contributed by atoms with Gasteiger partial charge >= 0.3 is 0 Å². The molecule has 2 aromatic rings. The minimum atomic E-state index is 0.229. The molecule has 2 heterocycles. The number of carbonyl (C=O) groups is 1. The van der Waals surface area contributed by atoms with E-state index in [9.17, 15) is 4.79 Å². The van der Waals surface area contributed by atoms with Crippen LogP contribution in [-0.4, -0.2) is 28.1 Å². The lowest BCUT2D eigenvalue weighted by atomic mass is 10.1. The van der Waals surface area contributed by atoms with Crippen LogP contribution in [0.25, 0.3) is 10.8 Å². The molecule has 1 saturated heterocycles. The number of amides is 1. The van der Waals surface area contributed by atoms with Crippen LogP contribution >= 0.6 is 12.6 Å². The number of likely N-dealkylation sites (tertiary alicyclic amines) is 1. The first-order chi connectivity index (χ1) is 9.28. The Bertz CT molecular complexity index is 609. The SMILES string of the molecule is O=C1CC(CS)CN1Cc1cncc2ccccc12. The van der Waals surface area contributed by atoms with Crippen LogP contribution in [-0.2, 0) is 11.3 Å². The monoisotopic (exact) mass is 272 g/mol. The Labute approximate surface area is 118 Å². The van der Waals surface area contributed by atoms with Crippen molar-refractivity contribution in [1.82, 2.24) is 9.88 Å². The van der Waals surface area contributed by atoms with Crippen LogP contribution in [0, 0.1) is 5.92 Å². The van der Waals surface area contributed by atoms with Crippen LogP contribution in [0.4, 0.5) is 0 Å². The van der Waals surface area contributed by atoms with Gasteiger partial charge in [0.05, 0.1) is 0 Å². The maximum atomic E-state index is 12.0. The number of rotatable bonds is 3. The number of thiol groups is 1. The third-order valence-corrected chi connectivity index (χ3v) is 4.18. The third-order valence-electron chi connectivity index (χ3n) is 3.66. The first-order valence-corrected chi connectivity index (χ1v) is 7.11. The molecule has 1 amide bonds. The van der Waals surface area contributed by atoms with E-state index in [0.717, 1.165) is 23.2 Å². The largest absolute Gasteiger partial charge is 0.338 e. The minimum Gasteiger partial charge on any atom is -0.338 e. The second-order valence-corrected chi connectivity index (χ2v) is 5.41. The number of aromatic nitrogens is 1. The number of fused-ring (bicyclic) bond motifs is 1. The minimum absolute atomic E-state index is 0.229. The van der Waals surface area contributed by atoms with Gasteiger partial charge in [0.15, 0.2) is 0 Å². The summed E-state index contributed by atoms with van der Waals surface area (Å²) in [6.45, 7) is 1.46. The second kappa shape index (κ2) is 5.21. The van der Waals surface area contributed by atoms with Gasteiger partial charge in [0.25, 0.3) is 0 Å². The number of nitrogens with zero attached hydrogens (tertiary/aromatic N) is 2. The maximum Gasteiger partial charge on any atom is 0.223 e. The first-order valence-electron chi connectivity index (χ1n) is 6.48. The summed E-state index contributed by atoms with van der Waals surface area (Å²) < 4.78 is 0. The van der Waals surface area contributed by atoms with E-state index >= 15 is 0 Å². The summed E-state index contributed by atoms with van der Waals surface area (Å²) in [6.07, 6.45) is 4.35. The summed E-state index contributed by atoms with van der Waals surface area (Å²) in [5.41, 5.74) is 1.12. The molecule has 1 aliphatic rings. The van der Waals surface area contributed by atoms with Gasteiger partial charge in [-0.1, -0.05) is 24.3 Å². The van der Waals surface area contributed by atoms with Crippen LogP contribution in [0.5, 0.6) is 0 Å². The molecule has 1 fully saturated rings. The predicted molar refractivity (Wildman–Crippen MR) is 79.1 cm³/mol. The molecule has 3 rings (SSSR count). The molecule has 1 aromatic heterocycles. The van der Waals surface area contributed by atoms with Gasteiger partial charge in [0.2, 0.25) is 5.91 Å². The van der Waals surface area contributed by atoms with E-state index in [1.54, 1.807) is 0 Å². The Hall–Kier alpha value is -1.55. The number of carbonyl (C=O) groups excluding carboxylic acids is 1. The van der Waals surface area contributed by atoms with Gasteiger partial charge in [-0.2, -0.15) is 12.6 Å². The highest BCUT2D eigenvalue weighted by atomic mass is 32.1. The predicted octanol–water partition coefficient (Wildman–Crippen LogP) is 2.51. The van der Waals surface area contributed by atoms with Crippen molar-refractivity contribution >= 4 is 29.3 Å². The highest BCUT2D eigenvalue weighted by Crippen LogP contribution is 2.24. The summed E-state index contributed by atoms with van der Waals surface area (Å²) >= 11 is 4.29. The van der Waals surface area contributed by atoms with Gasteiger partial charge in [-0.25, -0.2) is 0 Å². The third kappa shape index (κ3) is 2.45. The van der Waals surface area contributed by atoms with Gasteiger partial charge in [0, 0.05) is 37.3 Å². The van der Waals surface area contributed by atoms with Crippen LogP contribution in [0.3, 0.4) is 0 Å². The van der Waals surface area contributed by atoms with Crippen molar-refractivity contribution in [3.8, 4) is 0 Å². The van der Waals surface area contributed by atoms with Crippen molar-refractivity contribution in [3.05, 3.63) is 42.2 Å². The molecule has 19 heavy (non-hydrogen) atoms. The zero-order valence-corrected chi connectivity index (χ0v) is 11.5. The molecule has 0 bridgehead atoms. The molecule has 1 unspecified atom stereocenters. The molecular weight excluding hydrogens is 256 g/mol. The highest BCUT2D eigenvalue weighted by molar-refractivity contribution is 7.80. The average Bonchev–Trinajstić information content (AvgIpc) is 2.80. The molecule has 0 N–H and O–H groups in total. The summed E-state index contributed by atoms with van der Waals surface area (Å²) in [6, 6.07) is 8.16. The molecule has 1 aromatic carbocycles. The average molecular weight is 272 g/mol. The Morgan fingerprint density at radius 1 is 1.32 bits per heavy atom. The molecule has 3 nitrogen and oxygen atoms in total. The van der Waals surface area contributed by atoms with E-state index in [1.165, 1.54) is 5.39 Å². The molecule has 0 radical (unpaired) electrons. The van der Waals surface area contributed by atoms with Crippen molar-refractivity contribution in [3.63, 3.8) is 0 Å². The number of pyridine rings is 1. The Balaban J connectivity index is 1.88. The van der Waals surface area contributed by atoms with Gasteiger partial charge in [-0.05, 0) is 22.6 Å². The van der Waals surface area contributed by atoms with Crippen molar-refractivity contribution in [2.75, 3.05) is 12.3 Å². The summed E-state index contributed by atoms with van der Waals surface area (Å²) in [7, 11) is 0. The van der Waals surface area contributed by atoms with Crippen LogP contribution in [0.2, 0.25) is 0 Å². The van der Waals surface area contributed by atoms with Gasteiger partial charge < -0.3 is 4.90 Å². The van der Waals surface area contributed by atoms with Crippen molar-refractivity contribution < 1.29 is 4.79 Å². The smallest absolute Gasteiger partial charge is 0.223 e. The van der Waals surface area contributed by atoms with Crippen LogP contribution < -0.4 is 0 Å². The quantitative estimate of drug-likeness (QED) is 0.871. The highest BCUT2D eigenvalue weighted by Gasteiger charge is 2.28. The summed E-state index contributed by atoms with van der Waals surface area (Å²) in [4.78, 5) is 18.1. The Morgan fingerprint density at radius 2 is 2.16 bits per heavy atom. The van der Waals surface area contributed by atoms with E-state index in [-0.39, 0.29) is 5.91 Å². The van der Waals surface area contributed by atoms with Gasteiger partial charge in [0.1, 0.15) is 0 Å². The Kier molecular flexibility index (Phi) is 3.42. The standard InChI is InChI=1S/C15H16N2OS/c18-15-5-11(10-19)8-17(15)9-13-7-16-6-12-3-1-2-4-14(12)13/h1-4,6-7,11,19H,5,8-10H2. The molecule has 0 aliphatic carbocycles. The summed E-state index contributed by atoms with van der Waals surface area (Å²) in [5, 5.41) is 2.30. The molecular formula is C15H16N2OS. The van der Waals surface area contributed by atoms with E-state index in [1.807, 2.05) is 35.5 Å². The fourth-order valence-corrected chi connectivity index (χ4v) is 2.88. The van der Waals surface area contributed by atoms with Crippen molar-refractivity contribution in [2.45, 2.75) is 13.0 Å². The van der Waals surface area contributed by atoms with Crippen molar-refractivity contribution in [2.24, 2.45) is 5.92 Å². The fraction of sp³-hybridized carbons (Fsp3) is 0.333. The lowest BCUT2D eigenvalue weighted by Crippen LogP contribution is -2.24. The molecule has 4 heteroatoms. The van der Waals surface area contributed by atoms with Crippen LogP contribution in [0.1, 0.15) is 12.0 Å². The van der Waals surface area contributed by atoms with E-state index in [0.29, 0.717) is 18.9 Å². The number of hydrogen-bond acceptors (Lipinski definition) is 3. The second-order valence-electron chi connectivity index (χ2n) is 5.05. The molecule has 98 valence electrons. The first kappa shape index (κ1) is 12.5. The topological polar surface area (TPSA) is 33.2 Å². The molecule has 0 spiro atoms.